The van der Waals surface area contributed by atoms with E-state index in [1.54, 1.807) is 23.8 Å². The van der Waals surface area contributed by atoms with Crippen LogP contribution in [0.4, 0.5) is 0 Å². The van der Waals surface area contributed by atoms with Crippen LogP contribution < -0.4 is 15.6 Å². The Hall–Kier alpha value is -2.80. The molecule has 164 valence electrons. The summed E-state index contributed by atoms with van der Waals surface area (Å²) in [6, 6.07) is 14.7. The van der Waals surface area contributed by atoms with Gasteiger partial charge in [-0.15, -0.1) is 0 Å². The minimum Gasteiger partial charge on any atom is -0.497 e. The molecule has 0 saturated carbocycles. The SMILES string of the molecule is CCCCCC(C)NC(=O)CSc1nc2ccccc2c(=O)n1-c1cccc(OC)c1. The van der Waals surface area contributed by atoms with Gasteiger partial charge in [-0.25, -0.2) is 4.98 Å². The van der Waals surface area contributed by atoms with Crippen LogP contribution in [0.25, 0.3) is 16.6 Å². The number of rotatable bonds is 10. The number of nitrogens with one attached hydrogen (secondary N) is 1. The molecule has 1 atom stereocenters. The number of benzene rings is 2. The van der Waals surface area contributed by atoms with Gasteiger partial charge in [0.1, 0.15) is 5.75 Å². The predicted octanol–water partition coefficient (Wildman–Crippen LogP) is 4.57. The standard InChI is InChI=1S/C24H29N3O3S/c1-4-5-6-10-17(2)25-22(28)16-31-24-26-21-14-8-7-13-20(21)23(29)27(24)18-11-9-12-19(15-18)30-3/h7-9,11-15,17H,4-6,10,16H2,1-3H3,(H,25,28). The molecule has 1 unspecified atom stereocenters. The van der Waals surface area contributed by atoms with Crippen molar-refractivity contribution < 1.29 is 9.53 Å². The zero-order valence-corrected chi connectivity index (χ0v) is 19.1. The normalized spacial score (nSPS) is 12.0. The number of para-hydroxylation sites is 1. The second kappa shape index (κ2) is 11.0. The van der Waals surface area contributed by atoms with Crippen molar-refractivity contribution in [2.45, 2.75) is 50.7 Å². The topological polar surface area (TPSA) is 73.2 Å². The number of carbonyl (C=O) groups excluding carboxylic acids is 1. The second-order valence-corrected chi connectivity index (χ2v) is 8.45. The van der Waals surface area contributed by atoms with E-state index < -0.39 is 0 Å². The lowest BCUT2D eigenvalue weighted by Gasteiger charge is -2.15. The molecule has 0 fully saturated rings. The Morgan fingerprint density at radius 3 is 2.77 bits per heavy atom. The van der Waals surface area contributed by atoms with Gasteiger partial charge in [-0.05, 0) is 37.6 Å². The average Bonchev–Trinajstić information content (AvgIpc) is 2.78. The largest absolute Gasteiger partial charge is 0.497 e. The maximum atomic E-state index is 13.3. The molecule has 0 spiro atoms. The fraction of sp³-hybridized carbons (Fsp3) is 0.375. The van der Waals surface area contributed by atoms with Crippen LogP contribution in [0.15, 0.2) is 58.5 Å². The molecule has 0 aliphatic carbocycles. The van der Waals surface area contributed by atoms with Crippen LogP contribution in [-0.4, -0.2) is 34.4 Å². The van der Waals surface area contributed by atoms with Gasteiger partial charge in [0, 0.05) is 12.1 Å². The molecule has 0 aliphatic heterocycles. The zero-order valence-electron chi connectivity index (χ0n) is 18.3. The average molecular weight is 440 g/mol. The molecule has 2 aromatic carbocycles. The van der Waals surface area contributed by atoms with Crippen molar-refractivity contribution in [2.24, 2.45) is 0 Å². The summed E-state index contributed by atoms with van der Waals surface area (Å²) < 4.78 is 6.87. The highest BCUT2D eigenvalue weighted by atomic mass is 32.2. The molecule has 0 saturated heterocycles. The number of amides is 1. The minimum atomic E-state index is -0.172. The summed E-state index contributed by atoms with van der Waals surface area (Å²) in [5.74, 6) is 0.771. The van der Waals surface area contributed by atoms with E-state index in [4.69, 9.17) is 4.74 Å². The molecule has 3 aromatic rings. The van der Waals surface area contributed by atoms with Crippen LogP contribution in [0.1, 0.15) is 39.5 Å². The van der Waals surface area contributed by atoms with Crippen molar-refractivity contribution in [3.63, 3.8) is 0 Å². The number of hydrogen-bond acceptors (Lipinski definition) is 5. The van der Waals surface area contributed by atoms with E-state index in [9.17, 15) is 9.59 Å². The monoisotopic (exact) mass is 439 g/mol. The number of fused-ring (bicyclic) bond motifs is 1. The van der Waals surface area contributed by atoms with Crippen LogP contribution in [0, 0.1) is 0 Å². The van der Waals surface area contributed by atoms with Gasteiger partial charge in [-0.3, -0.25) is 14.2 Å². The lowest BCUT2D eigenvalue weighted by atomic mass is 10.1. The van der Waals surface area contributed by atoms with Crippen molar-refractivity contribution >= 4 is 28.6 Å². The minimum absolute atomic E-state index is 0.0615. The van der Waals surface area contributed by atoms with Crippen LogP contribution >= 0.6 is 11.8 Å². The Morgan fingerprint density at radius 1 is 1.19 bits per heavy atom. The lowest BCUT2D eigenvalue weighted by molar-refractivity contribution is -0.119. The fourth-order valence-electron chi connectivity index (χ4n) is 3.41. The summed E-state index contributed by atoms with van der Waals surface area (Å²) >= 11 is 1.26. The molecule has 1 aromatic heterocycles. The summed E-state index contributed by atoms with van der Waals surface area (Å²) in [5.41, 5.74) is 1.09. The first kappa shape index (κ1) is 22.9. The Morgan fingerprint density at radius 2 is 2.00 bits per heavy atom. The van der Waals surface area contributed by atoms with E-state index in [0.29, 0.717) is 27.5 Å². The van der Waals surface area contributed by atoms with Gasteiger partial charge in [0.25, 0.3) is 5.56 Å². The number of aromatic nitrogens is 2. The van der Waals surface area contributed by atoms with Gasteiger partial charge in [0.05, 0.1) is 29.5 Å². The molecular weight excluding hydrogens is 410 g/mol. The van der Waals surface area contributed by atoms with Crippen molar-refractivity contribution in [2.75, 3.05) is 12.9 Å². The third kappa shape index (κ3) is 5.88. The quantitative estimate of drug-likeness (QED) is 0.285. The highest BCUT2D eigenvalue weighted by Gasteiger charge is 2.16. The molecule has 1 N–H and O–H groups in total. The van der Waals surface area contributed by atoms with E-state index in [0.717, 1.165) is 19.3 Å². The second-order valence-electron chi connectivity index (χ2n) is 7.51. The van der Waals surface area contributed by atoms with Crippen LogP contribution in [0.5, 0.6) is 5.75 Å². The third-order valence-electron chi connectivity index (χ3n) is 5.04. The van der Waals surface area contributed by atoms with Crippen molar-refractivity contribution in [1.29, 1.82) is 0 Å². The molecule has 1 heterocycles. The Balaban J connectivity index is 1.87. The maximum absolute atomic E-state index is 13.3. The first-order chi connectivity index (χ1) is 15.0. The van der Waals surface area contributed by atoms with Crippen molar-refractivity contribution in [1.82, 2.24) is 14.9 Å². The Bertz CT molecular complexity index is 1100. The molecule has 0 aliphatic rings. The highest BCUT2D eigenvalue weighted by Crippen LogP contribution is 2.23. The van der Waals surface area contributed by atoms with E-state index >= 15 is 0 Å². The molecule has 6 nitrogen and oxygen atoms in total. The van der Waals surface area contributed by atoms with Gasteiger partial charge in [-0.2, -0.15) is 0 Å². The first-order valence-electron chi connectivity index (χ1n) is 10.6. The molecule has 31 heavy (non-hydrogen) atoms. The van der Waals surface area contributed by atoms with Gasteiger partial charge < -0.3 is 10.1 Å². The van der Waals surface area contributed by atoms with E-state index in [-0.39, 0.29) is 23.3 Å². The van der Waals surface area contributed by atoms with E-state index in [1.807, 2.05) is 43.3 Å². The molecule has 7 heteroatoms. The number of thioether (sulfide) groups is 1. The number of carbonyl (C=O) groups is 1. The van der Waals surface area contributed by atoms with Gasteiger partial charge >= 0.3 is 0 Å². The summed E-state index contributed by atoms with van der Waals surface area (Å²) in [6.07, 6.45) is 4.40. The number of methoxy groups -OCH3 is 1. The molecule has 0 bridgehead atoms. The van der Waals surface area contributed by atoms with Crippen LogP contribution in [0.2, 0.25) is 0 Å². The summed E-state index contributed by atoms with van der Waals surface area (Å²) in [6.45, 7) is 4.19. The summed E-state index contributed by atoms with van der Waals surface area (Å²) in [4.78, 5) is 30.5. The maximum Gasteiger partial charge on any atom is 0.266 e. The lowest BCUT2D eigenvalue weighted by Crippen LogP contribution is -2.34. The third-order valence-corrected chi connectivity index (χ3v) is 5.98. The number of unbranched alkanes of at least 4 members (excludes halogenated alkanes) is 2. The smallest absolute Gasteiger partial charge is 0.266 e. The summed E-state index contributed by atoms with van der Waals surface area (Å²) in [5, 5.41) is 4.05. The van der Waals surface area contributed by atoms with Crippen LogP contribution in [0.3, 0.4) is 0 Å². The fourth-order valence-corrected chi connectivity index (χ4v) is 4.23. The van der Waals surface area contributed by atoms with Gasteiger partial charge in [0.2, 0.25) is 5.91 Å². The number of hydrogen-bond donors (Lipinski definition) is 1. The number of nitrogens with zero attached hydrogens (tertiary/aromatic N) is 2. The molecule has 1 amide bonds. The van der Waals surface area contributed by atoms with Gasteiger partial charge in [-0.1, -0.05) is 56.1 Å². The van der Waals surface area contributed by atoms with Crippen LogP contribution in [-0.2, 0) is 4.79 Å². The van der Waals surface area contributed by atoms with E-state index in [2.05, 4.69) is 17.2 Å². The Labute approximate surface area is 187 Å². The Kier molecular flexibility index (Phi) is 8.12. The molecular formula is C24H29N3O3S. The zero-order chi connectivity index (χ0) is 22.2. The molecule has 0 radical (unpaired) electrons. The van der Waals surface area contributed by atoms with E-state index in [1.165, 1.54) is 18.2 Å². The first-order valence-corrected chi connectivity index (χ1v) is 11.6. The molecule has 3 rings (SSSR count). The predicted molar refractivity (Wildman–Crippen MR) is 126 cm³/mol. The van der Waals surface area contributed by atoms with Gasteiger partial charge in [0.15, 0.2) is 5.16 Å². The summed E-state index contributed by atoms with van der Waals surface area (Å²) in [7, 11) is 1.59. The van der Waals surface area contributed by atoms with Crippen molar-refractivity contribution in [3.05, 3.63) is 58.9 Å². The highest BCUT2D eigenvalue weighted by molar-refractivity contribution is 7.99. The van der Waals surface area contributed by atoms with Crippen molar-refractivity contribution in [3.8, 4) is 11.4 Å². The number of ether oxygens (including phenoxy) is 1.